The number of rotatable bonds is 7. The van der Waals surface area contributed by atoms with Gasteiger partial charge in [0.15, 0.2) is 0 Å². The molecule has 1 atom stereocenters. The number of methoxy groups -OCH3 is 1. The lowest BCUT2D eigenvalue weighted by Crippen LogP contribution is -2.34. The van der Waals surface area contributed by atoms with Gasteiger partial charge in [-0.1, -0.05) is 38.5 Å². The van der Waals surface area contributed by atoms with Crippen LogP contribution in [0.25, 0.3) is 0 Å². The highest BCUT2D eigenvalue weighted by Gasteiger charge is 2.16. The Morgan fingerprint density at radius 2 is 1.95 bits per heavy atom. The molecule has 1 rings (SSSR count). The largest absolute Gasteiger partial charge is 0.496 e. The van der Waals surface area contributed by atoms with Gasteiger partial charge in [0, 0.05) is 24.7 Å². The van der Waals surface area contributed by atoms with Crippen molar-refractivity contribution in [2.45, 2.75) is 33.7 Å². The summed E-state index contributed by atoms with van der Waals surface area (Å²) in [6.07, 6.45) is 0. The van der Waals surface area contributed by atoms with E-state index in [0.29, 0.717) is 5.92 Å². The highest BCUT2D eigenvalue weighted by molar-refractivity contribution is 5.39. The SMILES string of the molecule is CCN(CC(C)C)CC(N)c1cc(C)ccc1OC. The molecule has 2 N–H and O–H groups in total. The number of likely N-dealkylation sites (N-methyl/N-ethyl adjacent to an activating group) is 1. The van der Waals surface area contributed by atoms with Crippen LogP contribution in [0.5, 0.6) is 5.75 Å². The molecule has 0 bridgehead atoms. The topological polar surface area (TPSA) is 38.5 Å². The first-order valence-corrected chi connectivity index (χ1v) is 7.10. The second kappa shape index (κ2) is 7.51. The molecule has 0 aliphatic carbocycles. The summed E-state index contributed by atoms with van der Waals surface area (Å²) in [5.41, 5.74) is 8.69. The van der Waals surface area contributed by atoms with Gasteiger partial charge in [0.2, 0.25) is 0 Å². The molecule has 0 aliphatic rings. The molecule has 0 aromatic heterocycles. The standard InChI is InChI=1S/C16H28N2O/c1-6-18(10-12(2)3)11-15(17)14-9-13(4)7-8-16(14)19-5/h7-9,12,15H,6,10-11,17H2,1-5H3. The van der Waals surface area contributed by atoms with Crippen molar-refractivity contribution in [2.75, 3.05) is 26.7 Å². The number of benzene rings is 1. The van der Waals surface area contributed by atoms with Gasteiger partial charge in [-0.15, -0.1) is 0 Å². The molecule has 19 heavy (non-hydrogen) atoms. The Balaban J connectivity index is 2.81. The van der Waals surface area contributed by atoms with E-state index < -0.39 is 0 Å². The summed E-state index contributed by atoms with van der Waals surface area (Å²) in [7, 11) is 1.70. The number of hydrogen-bond acceptors (Lipinski definition) is 3. The Kier molecular flexibility index (Phi) is 6.32. The smallest absolute Gasteiger partial charge is 0.123 e. The minimum Gasteiger partial charge on any atom is -0.496 e. The van der Waals surface area contributed by atoms with Crippen LogP contribution in [0.4, 0.5) is 0 Å². The van der Waals surface area contributed by atoms with Crippen LogP contribution in [-0.4, -0.2) is 31.6 Å². The molecule has 108 valence electrons. The van der Waals surface area contributed by atoms with E-state index in [2.05, 4.69) is 44.7 Å². The highest BCUT2D eigenvalue weighted by Crippen LogP contribution is 2.25. The van der Waals surface area contributed by atoms with E-state index in [0.717, 1.165) is 30.9 Å². The number of nitrogens with zero attached hydrogens (tertiary/aromatic N) is 1. The fourth-order valence-electron chi connectivity index (χ4n) is 2.37. The van der Waals surface area contributed by atoms with Crippen molar-refractivity contribution in [1.82, 2.24) is 4.90 Å². The normalized spacial score (nSPS) is 13.1. The average molecular weight is 264 g/mol. The van der Waals surface area contributed by atoms with Crippen molar-refractivity contribution < 1.29 is 4.74 Å². The van der Waals surface area contributed by atoms with Crippen LogP contribution in [0, 0.1) is 12.8 Å². The van der Waals surface area contributed by atoms with E-state index in [9.17, 15) is 0 Å². The maximum absolute atomic E-state index is 6.37. The van der Waals surface area contributed by atoms with Gasteiger partial charge in [-0.05, 0) is 25.5 Å². The first kappa shape index (κ1) is 16.0. The quantitative estimate of drug-likeness (QED) is 0.823. The second-order valence-corrected chi connectivity index (χ2v) is 5.60. The summed E-state index contributed by atoms with van der Waals surface area (Å²) >= 11 is 0. The van der Waals surface area contributed by atoms with Crippen LogP contribution < -0.4 is 10.5 Å². The summed E-state index contributed by atoms with van der Waals surface area (Å²) < 4.78 is 5.42. The first-order chi connectivity index (χ1) is 8.97. The van der Waals surface area contributed by atoms with E-state index in [4.69, 9.17) is 10.5 Å². The van der Waals surface area contributed by atoms with Crippen LogP contribution in [0.15, 0.2) is 18.2 Å². The second-order valence-electron chi connectivity index (χ2n) is 5.60. The lowest BCUT2D eigenvalue weighted by molar-refractivity contribution is 0.240. The van der Waals surface area contributed by atoms with Crippen molar-refractivity contribution in [3.05, 3.63) is 29.3 Å². The van der Waals surface area contributed by atoms with Gasteiger partial charge in [-0.3, -0.25) is 0 Å². The third kappa shape index (κ3) is 4.84. The van der Waals surface area contributed by atoms with Gasteiger partial charge < -0.3 is 15.4 Å². The predicted molar refractivity (Wildman–Crippen MR) is 81.6 cm³/mol. The average Bonchev–Trinajstić information content (AvgIpc) is 2.37. The monoisotopic (exact) mass is 264 g/mol. The Morgan fingerprint density at radius 1 is 1.26 bits per heavy atom. The minimum absolute atomic E-state index is 0.00597. The summed E-state index contributed by atoms with van der Waals surface area (Å²) in [4.78, 5) is 2.40. The third-order valence-electron chi connectivity index (χ3n) is 3.31. The Bertz CT molecular complexity index is 390. The first-order valence-electron chi connectivity index (χ1n) is 7.10. The summed E-state index contributed by atoms with van der Waals surface area (Å²) in [5, 5.41) is 0. The Morgan fingerprint density at radius 3 is 2.47 bits per heavy atom. The molecule has 3 heteroatoms. The zero-order chi connectivity index (χ0) is 14.4. The fourth-order valence-corrected chi connectivity index (χ4v) is 2.37. The van der Waals surface area contributed by atoms with Crippen molar-refractivity contribution >= 4 is 0 Å². The lowest BCUT2D eigenvalue weighted by atomic mass is 10.0. The van der Waals surface area contributed by atoms with Crippen molar-refractivity contribution in [3.8, 4) is 5.75 Å². The molecule has 1 aromatic carbocycles. The summed E-state index contributed by atoms with van der Waals surface area (Å²) in [5.74, 6) is 1.55. The van der Waals surface area contributed by atoms with Gasteiger partial charge in [0.1, 0.15) is 5.75 Å². The predicted octanol–water partition coefficient (Wildman–Crippen LogP) is 2.98. The van der Waals surface area contributed by atoms with E-state index in [1.54, 1.807) is 7.11 Å². The Labute approximate surface area is 117 Å². The maximum Gasteiger partial charge on any atom is 0.123 e. The van der Waals surface area contributed by atoms with Crippen LogP contribution in [-0.2, 0) is 0 Å². The van der Waals surface area contributed by atoms with E-state index in [-0.39, 0.29) is 6.04 Å². The summed E-state index contributed by atoms with van der Waals surface area (Å²) in [6, 6.07) is 6.19. The molecule has 0 fully saturated rings. The van der Waals surface area contributed by atoms with Crippen LogP contribution in [0.1, 0.15) is 37.9 Å². The van der Waals surface area contributed by atoms with Crippen molar-refractivity contribution in [3.63, 3.8) is 0 Å². The molecule has 3 nitrogen and oxygen atoms in total. The van der Waals surface area contributed by atoms with Gasteiger partial charge in [-0.25, -0.2) is 0 Å². The van der Waals surface area contributed by atoms with E-state index >= 15 is 0 Å². The molecule has 0 saturated heterocycles. The van der Waals surface area contributed by atoms with Gasteiger partial charge in [-0.2, -0.15) is 0 Å². The lowest BCUT2D eigenvalue weighted by Gasteiger charge is -2.27. The maximum atomic E-state index is 6.37. The molecule has 0 amide bonds. The molecule has 1 unspecified atom stereocenters. The highest BCUT2D eigenvalue weighted by atomic mass is 16.5. The number of ether oxygens (including phenoxy) is 1. The molecule has 0 radical (unpaired) electrons. The van der Waals surface area contributed by atoms with E-state index in [1.165, 1.54) is 5.56 Å². The summed E-state index contributed by atoms with van der Waals surface area (Å²) in [6.45, 7) is 11.7. The molecule has 1 aromatic rings. The van der Waals surface area contributed by atoms with Crippen LogP contribution in [0.3, 0.4) is 0 Å². The number of hydrogen-bond donors (Lipinski definition) is 1. The van der Waals surface area contributed by atoms with Crippen molar-refractivity contribution in [2.24, 2.45) is 11.7 Å². The zero-order valence-electron chi connectivity index (χ0n) is 12.9. The third-order valence-corrected chi connectivity index (χ3v) is 3.31. The minimum atomic E-state index is -0.00597. The molecular formula is C16H28N2O. The molecule has 0 saturated carbocycles. The molecule has 0 heterocycles. The Hall–Kier alpha value is -1.06. The molecular weight excluding hydrogens is 236 g/mol. The van der Waals surface area contributed by atoms with E-state index in [1.807, 2.05) is 6.07 Å². The molecule has 0 aliphatic heterocycles. The van der Waals surface area contributed by atoms with Gasteiger partial charge in [0.25, 0.3) is 0 Å². The number of nitrogens with two attached hydrogens (primary N) is 1. The van der Waals surface area contributed by atoms with Gasteiger partial charge >= 0.3 is 0 Å². The zero-order valence-corrected chi connectivity index (χ0v) is 12.9. The molecule has 0 spiro atoms. The number of aryl methyl sites for hydroxylation is 1. The van der Waals surface area contributed by atoms with Crippen molar-refractivity contribution in [1.29, 1.82) is 0 Å². The van der Waals surface area contributed by atoms with Crippen LogP contribution in [0.2, 0.25) is 0 Å². The van der Waals surface area contributed by atoms with Gasteiger partial charge in [0.05, 0.1) is 7.11 Å². The fraction of sp³-hybridized carbons (Fsp3) is 0.625. The van der Waals surface area contributed by atoms with Crippen LogP contribution >= 0.6 is 0 Å².